The van der Waals surface area contributed by atoms with Crippen molar-refractivity contribution in [3.63, 3.8) is 0 Å². The lowest BCUT2D eigenvalue weighted by Crippen LogP contribution is -2.16. The first-order valence-electron chi connectivity index (χ1n) is 7.81. The summed E-state index contributed by atoms with van der Waals surface area (Å²) in [5.74, 6) is -1.51. The topological polar surface area (TPSA) is 46.6 Å². The van der Waals surface area contributed by atoms with Crippen molar-refractivity contribution in [2.24, 2.45) is 0 Å². The third kappa shape index (κ3) is 5.61. The number of benzene rings is 2. The predicted octanol–water partition coefficient (Wildman–Crippen LogP) is 3.63. The van der Waals surface area contributed by atoms with Crippen LogP contribution in [0.25, 0.3) is 0 Å². The van der Waals surface area contributed by atoms with Gasteiger partial charge in [0.15, 0.2) is 0 Å². The zero-order chi connectivity index (χ0) is 19.3. The number of rotatable bonds is 5. The molecule has 0 spiro atoms. The Hall–Kier alpha value is -2.83. The SMILES string of the molecule is CN(C)c1ccc(CC(=O)OC(=O)Cc2ccc(C(F)(F)F)cc2)cc1. The van der Waals surface area contributed by atoms with Crippen molar-refractivity contribution in [1.29, 1.82) is 0 Å². The third-order valence-electron chi connectivity index (χ3n) is 3.66. The van der Waals surface area contributed by atoms with Crippen LogP contribution < -0.4 is 4.90 Å². The van der Waals surface area contributed by atoms with Crippen LogP contribution in [0.5, 0.6) is 0 Å². The van der Waals surface area contributed by atoms with Crippen LogP contribution >= 0.6 is 0 Å². The van der Waals surface area contributed by atoms with E-state index in [1.807, 2.05) is 31.1 Å². The minimum atomic E-state index is -4.43. The van der Waals surface area contributed by atoms with E-state index in [4.69, 9.17) is 4.74 Å². The number of nitrogens with zero attached hydrogens (tertiary/aromatic N) is 1. The number of hydrogen-bond donors (Lipinski definition) is 0. The fourth-order valence-electron chi connectivity index (χ4n) is 2.26. The zero-order valence-electron chi connectivity index (χ0n) is 14.3. The molecule has 2 aromatic carbocycles. The van der Waals surface area contributed by atoms with Gasteiger partial charge in [-0.2, -0.15) is 13.2 Å². The van der Waals surface area contributed by atoms with E-state index >= 15 is 0 Å². The van der Waals surface area contributed by atoms with Gasteiger partial charge < -0.3 is 9.64 Å². The van der Waals surface area contributed by atoms with Crippen LogP contribution in [-0.4, -0.2) is 26.0 Å². The molecule has 0 saturated carbocycles. The molecule has 0 bridgehead atoms. The zero-order valence-corrected chi connectivity index (χ0v) is 14.3. The summed E-state index contributed by atoms with van der Waals surface area (Å²) >= 11 is 0. The highest BCUT2D eigenvalue weighted by atomic mass is 19.4. The van der Waals surface area contributed by atoms with E-state index in [1.54, 1.807) is 12.1 Å². The van der Waals surface area contributed by atoms with Crippen LogP contribution in [-0.2, 0) is 33.3 Å². The first-order valence-corrected chi connectivity index (χ1v) is 7.81. The van der Waals surface area contributed by atoms with Crippen molar-refractivity contribution < 1.29 is 27.5 Å². The van der Waals surface area contributed by atoms with E-state index in [9.17, 15) is 22.8 Å². The van der Waals surface area contributed by atoms with Gasteiger partial charge in [0.1, 0.15) is 0 Å². The normalized spacial score (nSPS) is 11.1. The number of esters is 2. The summed E-state index contributed by atoms with van der Waals surface area (Å²) in [7, 11) is 3.78. The first kappa shape index (κ1) is 19.5. The number of hydrogen-bond acceptors (Lipinski definition) is 4. The van der Waals surface area contributed by atoms with E-state index < -0.39 is 23.7 Å². The number of alkyl halides is 3. The molecule has 26 heavy (non-hydrogen) atoms. The summed E-state index contributed by atoms with van der Waals surface area (Å²) < 4.78 is 42.2. The second-order valence-electron chi connectivity index (χ2n) is 5.96. The molecule has 0 amide bonds. The number of ether oxygens (including phenoxy) is 1. The van der Waals surface area contributed by atoms with Crippen LogP contribution in [0.15, 0.2) is 48.5 Å². The second kappa shape index (κ2) is 8.03. The average Bonchev–Trinajstić information content (AvgIpc) is 2.54. The Balaban J connectivity index is 1.88. The number of carbonyl (C=O) groups excluding carboxylic acids is 2. The van der Waals surface area contributed by atoms with Crippen LogP contribution in [0, 0.1) is 0 Å². The van der Waals surface area contributed by atoms with Gasteiger partial charge in [-0.15, -0.1) is 0 Å². The molecule has 0 aromatic heterocycles. The van der Waals surface area contributed by atoms with Gasteiger partial charge in [-0.25, -0.2) is 0 Å². The highest BCUT2D eigenvalue weighted by Crippen LogP contribution is 2.29. The summed E-state index contributed by atoms with van der Waals surface area (Å²) in [5, 5.41) is 0. The summed E-state index contributed by atoms with van der Waals surface area (Å²) in [4.78, 5) is 25.5. The molecular formula is C19H18F3NO3. The Morgan fingerprint density at radius 1 is 0.846 bits per heavy atom. The molecule has 0 atom stereocenters. The summed E-state index contributed by atoms with van der Waals surface area (Å²) in [5.41, 5.74) is 1.21. The molecular weight excluding hydrogens is 347 g/mol. The molecule has 0 fully saturated rings. The standard InChI is InChI=1S/C19H18F3NO3/c1-23(2)16-9-5-14(6-10-16)12-18(25)26-17(24)11-13-3-7-15(8-4-13)19(20,21)22/h3-10H,11-12H2,1-2H3. The van der Waals surface area contributed by atoms with E-state index in [2.05, 4.69) is 0 Å². The van der Waals surface area contributed by atoms with Gasteiger partial charge in [-0.05, 0) is 35.4 Å². The maximum atomic E-state index is 12.5. The van der Waals surface area contributed by atoms with E-state index in [-0.39, 0.29) is 12.8 Å². The van der Waals surface area contributed by atoms with E-state index in [1.165, 1.54) is 12.1 Å². The second-order valence-corrected chi connectivity index (χ2v) is 5.96. The van der Waals surface area contributed by atoms with Crippen molar-refractivity contribution >= 4 is 17.6 Å². The van der Waals surface area contributed by atoms with Gasteiger partial charge in [-0.3, -0.25) is 9.59 Å². The van der Waals surface area contributed by atoms with Gasteiger partial charge in [0, 0.05) is 19.8 Å². The van der Waals surface area contributed by atoms with Crippen LogP contribution in [0.2, 0.25) is 0 Å². The van der Waals surface area contributed by atoms with E-state index in [0.29, 0.717) is 11.1 Å². The number of carbonyl (C=O) groups is 2. The quantitative estimate of drug-likeness (QED) is 0.600. The first-order chi connectivity index (χ1) is 12.1. The Morgan fingerprint density at radius 2 is 1.27 bits per heavy atom. The Kier molecular flexibility index (Phi) is 6.02. The van der Waals surface area contributed by atoms with E-state index in [0.717, 1.165) is 17.8 Å². The summed E-state index contributed by atoms with van der Waals surface area (Å²) in [6.07, 6.45) is -4.77. The molecule has 0 saturated heterocycles. The van der Waals surface area contributed by atoms with Crippen molar-refractivity contribution in [2.45, 2.75) is 19.0 Å². The lowest BCUT2D eigenvalue weighted by atomic mass is 10.1. The summed E-state index contributed by atoms with van der Waals surface area (Å²) in [6, 6.07) is 11.4. The van der Waals surface area contributed by atoms with Gasteiger partial charge in [0.2, 0.25) is 0 Å². The van der Waals surface area contributed by atoms with Gasteiger partial charge in [0.05, 0.1) is 18.4 Å². The monoisotopic (exact) mass is 365 g/mol. The number of halogens is 3. The molecule has 7 heteroatoms. The van der Waals surface area contributed by atoms with Gasteiger partial charge in [-0.1, -0.05) is 24.3 Å². The molecule has 0 aliphatic heterocycles. The van der Waals surface area contributed by atoms with Gasteiger partial charge >= 0.3 is 18.1 Å². The Bertz CT molecular complexity index is 766. The van der Waals surface area contributed by atoms with Crippen molar-refractivity contribution in [1.82, 2.24) is 0 Å². The predicted molar refractivity (Wildman–Crippen MR) is 90.7 cm³/mol. The Morgan fingerprint density at radius 3 is 1.65 bits per heavy atom. The van der Waals surface area contributed by atoms with Crippen molar-refractivity contribution in [3.05, 3.63) is 65.2 Å². The smallest absolute Gasteiger partial charge is 0.393 e. The van der Waals surface area contributed by atoms with Crippen LogP contribution in [0.1, 0.15) is 16.7 Å². The molecule has 0 unspecified atom stereocenters. The molecule has 0 radical (unpaired) electrons. The van der Waals surface area contributed by atoms with Gasteiger partial charge in [0.25, 0.3) is 0 Å². The summed E-state index contributed by atoms with van der Waals surface area (Å²) in [6.45, 7) is 0. The molecule has 2 rings (SSSR count). The fourth-order valence-corrected chi connectivity index (χ4v) is 2.26. The Labute approximate surface area is 149 Å². The molecule has 138 valence electrons. The molecule has 0 N–H and O–H groups in total. The van der Waals surface area contributed by atoms with Crippen LogP contribution in [0.4, 0.5) is 18.9 Å². The lowest BCUT2D eigenvalue weighted by molar-refractivity contribution is -0.158. The van der Waals surface area contributed by atoms with Crippen molar-refractivity contribution in [2.75, 3.05) is 19.0 Å². The third-order valence-corrected chi connectivity index (χ3v) is 3.66. The number of anilines is 1. The highest BCUT2D eigenvalue weighted by Gasteiger charge is 2.30. The molecule has 2 aromatic rings. The average molecular weight is 365 g/mol. The van der Waals surface area contributed by atoms with Crippen LogP contribution in [0.3, 0.4) is 0 Å². The molecule has 0 heterocycles. The molecule has 0 aliphatic carbocycles. The highest BCUT2D eigenvalue weighted by molar-refractivity contribution is 5.87. The maximum absolute atomic E-state index is 12.5. The fraction of sp³-hybridized carbons (Fsp3) is 0.263. The van der Waals surface area contributed by atoms with Crippen molar-refractivity contribution in [3.8, 4) is 0 Å². The minimum absolute atomic E-state index is 0.0630. The molecule has 4 nitrogen and oxygen atoms in total. The largest absolute Gasteiger partial charge is 0.416 e. The molecule has 0 aliphatic rings. The maximum Gasteiger partial charge on any atom is 0.416 e. The lowest BCUT2D eigenvalue weighted by Gasteiger charge is -2.12. The minimum Gasteiger partial charge on any atom is -0.393 e.